The van der Waals surface area contributed by atoms with Crippen molar-refractivity contribution in [2.75, 3.05) is 13.7 Å². The lowest BCUT2D eigenvalue weighted by Crippen LogP contribution is -2.42. The summed E-state index contributed by atoms with van der Waals surface area (Å²) in [6.07, 6.45) is 0.532. The zero-order valence-electron chi connectivity index (χ0n) is 10.6. The van der Waals surface area contributed by atoms with Crippen LogP contribution >= 0.6 is 0 Å². The molecule has 0 saturated carbocycles. The van der Waals surface area contributed by atoms with Crippen molar-refractivity contribution in [2.45, 2.75) is 33.2 Å². The molecule has 0 fully saturated rings. The Bertz CT molecular complexity index is 351. The number of nitrogens with one attached hydrogen (secondary N) is 1. The second-order valence-electron chi connectivity index (χ2n) is 3.61. The second-order valence-corrected chi connectivity index (χ2v) is 3.61. The number of rotatable bonds is 3. The van der Waals surface area contributed by atoms with Crippen molar-refractivity contribution in [2.24, 2.45) is 0 Å². The topological polar surface area (TPSA) is 67.9 Å². The van der Waals surface area contributed by atoms with Gasteiger partial charge >= 0.3 is 12.0 Å². The minimum Gasteiger partial charge on any atom is -0.466 e. The first kappa shape index (κ1) is 13.3. The van der Waals surface area contributed by atoms with Crippen molar-refractivity contribution < 1.29 is 19.2 Å². The van der Waals surface area contributed by atoms with Crippen molar-refractivity contribution >= 4 is 12.0 Å². The van der Waals surface area contributed by atoms with E-state index in [-0.39, 0.29) is 6.03 Å². The smallest absolute Gasteiger partial charge is 0.351 e. The molecule has 0 saturated heterocycles. The van der Waals surface area contributed by atoms with Crippen molar-refractivity contribution in [3.05, 3.63) is 11.3 Å². The molecule has 96 valence electrons. The van der Waals surface area contributed by atoms with E-state index in [1.54, 1.807) is 6.92 Å². The lowest BCUT2D eigenvalue weighted by molar-refractivity contribution is -0.136. The van der Waals surface area contributed by atoms with Crippen LogP contribution in [0.15, 0.2) is 11.3 Å². The molecular formula is C11H18N2O4. The number of nitrogens with zero attached hydrogens (tertiary/aromatic N) is 1. The first-order valence-corrected chi connectivity index (χ1v) is 5.63. The van der Waals surface area contributed by atoms with Gasteiger partial charge in [0, 0.05) is 13.0 Å². The zero-order chi connectivity index (χ0) is 13.0. The highest BCUT2D eigenvalue weighted by Gasteiger charge is 2.38. The number of amides is 2. The van der Waals surface area contributed by atoms with Gasteiger partial charge in [0.05, 0.1) is 7.11 Å². The number of ether oxygens (including phenoxy) is 1. The third kappa shape index (κ3) is 2.51. The van der Waals surface area contributed by atoms with Crippen LogP contribution < -0.4 is 5.32 Å². The highest BCUT2D eigenvalue weighted by Crippen LogP contribution is 2.28. The van der Waals surface area contributed by atoms with Gasteiger partial charge < -0.3 is 14.9 Å². The number of carbonyl (C=O) groups excluding carboxylic acids is 2. The molecule has 17 heavy (non-hydrogen) atoms. The largest absolute Gasteiger partial charge is 0.466 e. The molecule has 6 heteroatoms. The van der Waals surface area contributed by atoms with Crippen molar-refractivity contribution in [1.29, 1.82) is 0 Å². The Hall–Kier alpha value is -1.72. The molecule has 6 nitrogen and oxygen atoms in total. The molecule has 1 unspecified atom stereocenters. The molecule has 0 aliphatic carbocycles. The number of hydroxylamine groups is 2. The normalized spacial score (nSPS) is 19.1. The van der Waals surface area contributed by atoms with Gasteiger partial charge in [-0.05, 0) is 13.8 Å². The summed E-state index contributed by atoms with van der Waals surface area (Å²) in [5.74, 6) is 0.0248. The quantitative estimate of drug-likeness (QED) is 0.755. The summed E-state index contributed by atoms with van der Waals surface area (Å²) in [5.41, 5.74) is 0.404. The summed E-state index contributed by atoms with van der Waals surface area (Å²) in [6.45, 7) is 5.89. The van der Waals surface area contributed by atoms with Crippen molar-refractivity contribution in [3.63, 3.8) is 0 Å². The molecular weight excluding hydrogens is 224 g/mol. The molecule has 0 aromatic rings. The van der Waals surface area contributed by atoms with E-state index in [0.29, 0.717) is 24.3 Å². The van der Waals surface area contributed by atoms with E-state index in [1.165, 1.54) is 7.11 Å². The summed E-state index contributed by atoms with van der Waals surface area (Å²) in [5, 5.41) is 3.78. The van der Waals surface area contributed by atoms with Gasteiger partial charge in [0.2, 0.25) is 0 Å². The van der Waals surface area contributed by atoms with Crippen LogP contribution in [0.2, 0.25) is 0 Å². The molecule has 1 aliphatic rings. The molecule has 0 aromatic carbocycles. The van der Waals surface area contributed by atoms with Crippen LogP contribution in [-0.2, 0) is 14.4 Å². The lowest BCUT2D eigenvalue weighted by atomic mass is 10.1. The minimum absolute atomic E-state index is 0.357. The van der Waals surface area contributed by atoms with Gasteiger partial charge in [-0.25, -0.2) is 9.59 Å². The molecule has 1 heterocycles. The Labute approximate surface area is 101 Å². The van der Waals surface area contributed by atoms with Gasteiger partial charge in [-0.3, -0.25) is 0 Å². The van der Waals surface area contributed by atoms with Crippen molar-refractivity contribution in [1.82, 2.24) is 10.4 Å². The number of allylic oxidation sites excluding steroid dienone is 1. The summed E-state index contributed by atoms with van der Waals surface area (Å²) < 4.78 is 4.69. The predicted octanol–water partition coefficient (Wildman–Crippen LogP) is 1.19. The molecule has 0 aromatic heterocycles. The Morgan fingerprint density at radius 3 is 2.59 bits per heavy atom. The monoisotopic (exact) mass is 242 g/mol. The number of esters is 1. The Kier molecular flexibility index (Phi) is 4.37. The summed E-state index contributed by atoms with van der Waals surface area (Å²) in [7, 11) is 1.31. The van der Waals surface area contributed by atoms with E-state index in [0.717, 1.165) is 5.06 Å². The number of hydrogen-bond acceptors (Lipinski definition) is 4. The third-order valence-corrected chi connectivity index (χ3v) is 2.53. The van der Waals surface area contributed by atoms with Gasteiger partial charge in [0.25, 0.3) is 0 Å². The summed E-state index contributed by atoms with van der Waals surface area (Å²) in [4.78, 5) is 28.7. The van der Waals surface area contributed by atoms with Gasteiger partial charge in [-0.1, -0.05) is 6.92 Å². The third-order valence-electron chi connectivity index (χ3n) is 2.53. The Morgan fingerprint density at radius 1 is 1.47 bits per heavy atom. The second kappa shape index (κ2) is 5.56. The molecule has 0 spiro atoms. The van der Waals surface area contributed by atoms with Crippen LogP contribution in [0.4, 0.5) is 4.79 Å². The first-order chi connectivity index (χ1) is 8.06. The van der Waals surface area contributed by atoms with Crippen LogP contribution in [-0.4, -0.2) is 36.8 Å². The van der Waals surface area contributed by atoms with Gasteiger partial charge in [0.1, 0.15) is 17.4 Å². The van der Waals surface area contributed by atoms with E-state index in [1.807, 2.05) is 13.8 Å². The molecule has 0 radical (unpaired) electrons. The number of methoxy groups -OCH3 is 1. The van der Waals surface area contributed by atoms with E-state index >= 15 is 0 Å². The van der Waals surface area contributed by atoms with Crippen LogP contribution in [0.3, 0.4) is 0 Å². The first-order valence-electron chi connectivity index (χ1n) is 5.63. The molecule has 1 rings (SSSR count). The summed E-state index contributed by atoms with van der Waals surface area (Å²) >= 11 is 0. The van der Waals surface area contributed by atoms with Gasteiger partial charge in [-0.2, -0.15) is 0 Å². The van der Waals surface area contributed by atoms with Crippen LogP contribution in [0.25, 0.3) is 0 Å². The van der Waals surface area contributed by atoms with Gasteiger partial charge in [-0.15, -0.1) is 5.06 Å². The Balaban J connectivity index is 2.89. The van der Waals surface area contributed by atoms with E-state index in [4.69, 9.17) is 4.84 Å². The molecule has 1 atom stereocenters. The summed E-state index contributed by atoms with van der Waals surface area (Å²) in [6, 6.07) is -0.797. The maximum atomic E-state index is 11.7. The fraction of sp³-hybridized carbons (Fsp3) is 0.636. The van der Waals surface area contributed by atoms with E-state index < -0.39 is 12.0 Å². The highest BCUT2D eigenvalue weighted by molar-refractivity contribution is 5.92. The van der Waals surface area contributed by atoms with Crippen LogP contribution in [0.1, 0.15) is 27.2 Å². The Morgan fingerprint density at radius 2 is 2.12 bits per heavy atom. The van der Waals surface area contributed by atoms with Crippen LogP contribution in [0, 0.1) is 0 Å². The number of hydrogen-bond donors (Lipinski definition) is 1. The molecule has 2 amide bonds. The maximum Gasteiger partial charge on any atom is 0.351 e. The SMILES string of the molecule is CCNC(=O)N1OC(CC)=C(C(=O)OC)C1C. The van der Waals surface area contributed by atoms with E-state index in [2.05, 4.69) is 10.1 Å². The maximum absolute atomic E-state index is 11.7. The molecule has 0 bridgehead atoms. The van der Waals surface area contributed by atoms with Crippen molar-refractivity contribution in [3.8, 4) is 0 Å². The molecule has 1 aliphatic heterocycles. The fourth-order valence-electron chi connectivity index (χ4n) is 1.69. The average Bonchev–Trinajstić information content (AvgIpc) is 2.65. The predicted molar refractivity (Wildman–Crippen MR) is 60.8 cm³/mol. The number of urea groups is 1. The lowest BCUT2D eigenvalue weighted by Gasteiger charge is -2.20. The fourth-order valence-corrected chi connectivity index (χ4v) is 1.69. The standard InChI is InChI=1S/C11H18N2O4/c1-5-8-9(10(14)16-4)7(3)13(17-8)11(15)12-6-2/h7H,5-6H2,1-4H3,(H,12,15). The number of carbonyl (C=O) groups is 2. The van der Waals surface area contributed by atoms with Crippen LogP contribution in [0.5, 0.6) is 0 Å². The highest BCUT2D eigenvalue weighted by atomic mass is 16.7. The zero-order valence-corrected chi connectivity index (χ0v) is 10.6. The van der Waals surface area contributed by atoms with E-state index in [9.17, 15) is 9.59 Å². The average molecular weight is 242 g/mol. The minimum atomic E-state index is -0.457. The van der Waals surface area contributed by atoms with Gasteiger partial charge in [0.15, 0.2) is 0 Å². The molecule has 1 N–H and O–H groups in total.